The molecule has 0 radical (unpaired) electrons. The van der Waals surface area contributed by atoms with E-state index in [0.717, 1.165) is 6.20 Å². The Hall–Kier alpha value is -2.05. The van der Waals surface area contributed by atoms with Crippen LogP contribution < -0.4 is 11.2 Å². The number of rotatable bonds is 6. The second kappa shape index (κ2) is 8.10. The molecule has 1 saturated heterocycles. The lowest BCUT2D eigenvalue weighted by atomic mass is 9.98. The van der Waals surface area contributed by atoms with E-state index in [4.69, 9.17) is 20.8 Å². The molecule has 0 amide bonds. The Morgan fingerprint density at radius 3 is 2.73 bits per heavy atom. The van der Waals surface area contributed by atoms with Crippen LogP contribution in [0.1, 0.15) is 28.3 Å². The Morgan fingerprint density at radius 1 is 1.46 bits per heavy atom. The Labute approximate surface area is 150 Å². The van der Waals surface area contributed by atoms with Crippen molar-refractivity contribution in [3.63, 3.8) is 0 Å². The molecule has 146 valence electrons. The van der Waals surface area contributed by atoms with Crippen LogP contribution in [0.3, 0.4) is 0 Å². The van der Waals surface area contributed by atoms with E-state index in [1.165, 1.54) is 6.07 Å². The van der Waals surface area contributed by atoms with Crippen LogP contribution in [-0.4, -0.2) is 62.7 Å². The maximum atomic E-state index is 12.0. The third-order valence-corrected chi connectivity index (χ3v) is 3.55. The number of aromatic nitrogens is 2. The lowest BCUT2D eigenvalue weighted by Crippen LogP contribution is -2.36. The number of aliphatic hydroxyl groups excluding tert-OH is 2. The van der Waals surface area contributed by atoms with Gasteiger partial charge >= 0.3 is 11.7 Å². The highest BCUT2D eigenvalue weighted by atomic mass is 16.7. The highest BCUT2D eigenvalue weighted by molar-refractivity contribution is 5.75. The predicted octanol–water partition coefficient (Wildman–Crippen LogP) is -0.773. The number of nitrogens with one attached hydrogen (secondary N) is 1. The van der Waals surface area contributed by atoms with Crippen LogP contribution >= 0.6 is 0 Å². The largest absolute Gasteiger partial charge is 0.438 e. The van der Waals surface area contributed by atoms with E-state index in [9.17, 15) is 19.8 Å². The highest BCUT2D eigenvalue weighted by Gasteiger charge is 2.44. The minimum Gasteiger partial charge on any atom is -0.438 e. The zero-order valence-electron chi connectivity index (χ0n) is 15.6. The fourth-order valence-electron chi connectivity index (χ4n) is 2.08. The summed E-state index contributed by atoms with van der Waals surface area (Å²) in [6.45, 7) is 4.32. The summed E-state index contributed by atoms with van der Waals surface area (Å²) in [5.41, 5.74) is -0.0142. The van der Waals surface area contributed by atoms with Gasteiger partial charge in [-0.2, -0.15) is 4.98 Å². The van der Waals surface area contributed by atoms with Crippen LogP contribution in [0.25, 0.3) is 0 Å². The molecule has 1 aromatic rings. The highest BCUT2D eigenvalue weighted by Crippen LogP contribution is 2.28. The van der Waals surface area contributed by atoms with Crippen LogP contribution in [0, 0.1) is 5.41 Å². The molecule has 0 saturated carbocycles. The summed E-state index contributed by atoms with van der Waals surface area (Å²) in [6, 6.07) is 1.18. The molecule has 1 fully saturated rings. The van der Waals surface area contributed by atoms with E-state index < -0.39 is 48.4 Å². The van der Waals surface area contributed by atoms with Crippen LogP contribution in [0.15, 0.2) is 17.1 Å². The van der Waals surface area contributed by atoms with E-state index in [1.54, 1.807) is 26.3 Å². The average Bonchev–Trinajstić information content (AvgIpc) is 2.82. The fraction of sp³-hybridized carbons (Fsp3) is 0.667. The molecule has 0 spiro atoms. The van der Waals surface area contributed by atoms with Crippen molar-refractivity contribution in [2.75, 3.05) is 18.9 Å². The molecule has 1 aliphatic rings. The van der Waals surface area contributed by atoms with E-state index in [-0.39, 0.29) is 12.4 Å². The first-order valence-corrected chi connectivity index (χ1v) is 7.80. The molecule has 26 heavy (non-hydrogen) atoms. The third kappa shape index (κ3) is 4.56. The van der Waals surface area contributed by atoms with Crippen molar-refractivity contribution in [1.29, 1.82) is 0 Å². The van der Waals surface area contributed by atoms with Gasteiger partial charge < -0.3 is 24.4 Å². The number of carbonyl (C=O) groups excluding carboxylic acids is 1. The summed E-state index contributed by atoms with van der Waals surface area (Å²) >= 11 is 0. The molecule has 0 aromatic carbocycles. The standard InChI is InChI=1S/C15H23N3O8/c1-15(2,3)13(21)25-7-24-6-8-10(19)11(20)12(26-8)18-5-4-9(17-23)16-14(18)22/h4-5,8,10-12,19-20,23H,6-7H2,1-3H3,(H,16,17,22)/t8-,10-,11-,12-/m1/s1/i12D. The smallest absolute Gasteiger partial charge is 0.351 e. The van der Waals surface area contributed by atoms with E-state index in [2.05, 4.69) is 4.98 Å². The van der Waals surface area contributed by atoms with Crippen molar-refractivity contribution in [2.45, 2.75) is 45.3 Å². The molecule has 2 heterocycles. The minimum absolute atomic E-state index is 0.159. The summed E-state index contributed by atoms with van der Waals surface area (Å²) in [6.07, 6.45) is -5.76. The second-order valence-corrected chi connectivity index (χ2v) is 6.68. The Morgan fingerprint density at radius 2 is 2.15 bits per heavy atom. The van der Waals surface area contributed by atoms with E-state index >= 15 is 0 Å². The number of carbonyl (C=O) groups is 1. The Kier molecular flexibility index (Phi) is 5.84. The second-order valence-electron chi connectivity index (χ2n) is 6.68. The van der Waals surface area contributed by atoms with Gasteiger partial charge in [0.1, 0.15) is 18.3 Å². The quantitative estimate of drug-likeness (QED) is 0.216. The predicted molar refractivity (Wildman–Crippen MR) is 86.2 cm³/mol. The number of anilines is 1. The zero-order chi connectivity index (χ0) is 20.4. The zero-order valence-corrected chi connectivity index (χ0v) is 14.6. The van der Waals surface area contributed by atoms with Gasteiger partial charge in [-0.15, -0.1) is 0 Å². The molecule has 1 aliphatic heterocycles. The number of hydrogen-bond donors (Lipinski definition) is 4. The van der Waals surface area contributed by atoms with Crippen LogP contribution in [0.5, 0.6) is 0 Å². The summed E-state index contributed by atoms with van der Waals surface area (Å²) in [4.78, 5) is 27.1. The van der Waals surface area contributed by atoms with Crippen molar-refractivity contribution in [3.8, 4) is 0 Å². The summed E-state index contributed by atoms with van der Waals surface area (Å²) in [5.74, 6) is -0.645. The lowest BCUT2D eigenvalue weighted by Gasteiger charge is -2.18. The van der Waals surface area contributed by atoms with E-state index in [1.807, 2.05) is 0 Å². The van der Waals surface area contributed by atoms with Crippen molar-refractivity contribution in [3.05, 3.63) is 22.7 Å². The summed E-state index contributed by atoms with van der Waals surface area (Å²) < 4.78 is 24.3. The van der Waals surface area contributed by atoms with Crippen LogP contribution in [0.4, 0.5) is 5.82 Å². The molecule has 11 heteroatoms. The van der Waals surface area contributed by atoms with Gasteiger partial charge in [0.25, 0.3) is 0 Å². The maximum Gasteiger partial charge on any atom is 0.351 e. The normalized spacial score (nSPS) is 29.3. The molecule has 4 N–H and O–H groups in total. The van der Waals surface area contributed by atoms with Gasteiger partial charge in [0.2, 0.25) is 0 Å². The van der Waals surface area contributed by atoms with Crippen molar-refractivity contribution in [1.82, 2.24) is 9.55 Å². The van der Waals surface area contributed by atoms with Crippen molar-refractivity contribution >= 4 is 11.8 Å². The topological polar surface area (TPSA) is 152 Å². The molecular formula is C15H23N3O8. The van der Waals surface area contributed by atoms with Gasteiger partial charge in [0, 0.05) is 6.20 Å². The van der Waals surface area contributed by atoms with Crippen molar-refractivity contribution in [2.24, 2.45) is 5.41 Å². The number of hydrogen-bond acceptors (Lipinski definition) is 10. The maximum absolute atomic E-state index is 12.0. The number of aliphatic hydroxyl groups is 2. The van der Waals surface area contributed by atoms with Gasteiger partial charge in [0.05, 0.1) is 13.4 Å². The van der Waals surface area contributed by atoms with Gasteiger partial charge in [-0.3, -0.25) is 20.0 Å². The Balaban J connectivity index is 2.02. The summed E-state index contributed by atoms with van der Waals surface area (Å²) in [5, 5.41) is 29.0. The van der Waals surface area contributed by atoms with Crippen LogP contribution in [0.2, 0.25) is 0 Å². The number of ether oxygens (including phenoxy) is 3. The summed E-state index contributed by atoms with van der Waals surface area (Å²) in [7, 11) is 0. The molecule has 0 aliphatic carbocycles. The first-order chi connectivity index (χ1) is 12.5. The molecule has 0 bridgehead atoms. The molecular weight excluding hydrogens is 350 g/mol. The third-order valence-electron chi connectivity index (χ3n) is 3.55. The Bertz CT molecular complexity index is 737. The van der Waals surface area contributed by atoms with Gasteiger partial charge in [-0.05, 0) is 26.8 Å². The van der Waals surface area contributed by atoms with Gasteiger partial charge in [-0.1, -0.05) is 0 Å². The average molecular weight is 374 g/mol. The van der Waals surface area contributed by atoms with Crippen molar-refractivity contribution < 1.29 is 35.8 Å². The molecule has 4 atom stereocenters. The SMILES string of the molecule is [2H][C@@]1(n2ccc(NO)nc2=O)O[C@H](COCOC(=O)C(C)(C)C)[C@@H](O)[C@H]1O. The lowest BCUT2D eigenvalue weighted by molar-refractivity contribution is -0.170. The molecule has 11 nitrogen and oxygen atoms in total. The number of esters is 1. The van der Waals surface area contributed by atoms with Crippen LogP contribution in [-0.2, 0) is 19.0 Å². The van der Waals surface area contributed by atoms with Gasteiger partial charge in [0.15, 0.2) is 18.8 Å². The fourth-order valence-corrected chi connectivity index (χ4v) is 2.08. The first kappa shape index (κ1) is 18.7. The number of nitrogens with zero attached hydrogens (tertiary/aromatic N) is 2. The molecule has 1 aromatic heterocycles. The van der Waals surface area contributed by atoms with E-state index in [0.29, 0.717) is 4.57 Å². The van der Waals surface area contributed by atoms with Gasteiger partial charge in [-0.25, -0.2) is 4.79 Å². The molecule has 0 unspecified atom stereocenters. The monoisotopic (exact) mass is 374 g/mol. The first-order valence-electron chi connectivity index (χ1n) is 8.30. The minimum atomic E-state index is -2.35. The molecule has 2 rings (SSSR count).